The summed E-state index contributed by atoms with van der Waals surface area (Å²) in [6, 6.07) is 20.7. The van der Waals surface area contributed by atoms with E-state index in [2.05, 4.69) is 51.7 Å². The number of nitrogens with zero attached hydrogens (tertiary/aromatic N) is 3. The van der Waals surface area contributed by atoms with Gasteiger partial charge in [0.1, 0.15) is 0 Å². The maximum absolute atomic E-state index is 12.1. The normalized spacial score (nSPS) is 10.3. The molecule has 3 aromatic rings. The summed E-state index contributed by atoms with van der Waals surface area (Å²) in [6.07, 6.45) is 0. The summed E-state index contributed by atoms with van der Waals surface area (Å²) in [5.74, 6) is 0.812. The molecule has 6 nitrogen and oxygen atoms in total. The fourth-order valence-corrected chi connectivity index (χ4v) is 2.74. The van der Waals surface area contributed by atoms with Gasteiger partial charge in [-0.2, -0.15) is 0 Å². The van der Waals surface area contributed by atoms with Crippen LogP contribution in [0.5, 0.6) is 0 Å². The molecule has 6 heteroatoms. The number of rotatable bonds is 7. The number of anilines is 4. The van der Waals surface area contributed by atoms with Gasteiger partial charge in [-0.05, 0) is 62.4 Å². The van der Waals surface area contributed by atoms with Crippen LogP contribution in [0.25, 0.3) is 0 Å². The van der Waals surface area contributed by atoms with Gasteiger partial charge in [0.05, 0.1) is 0 Å². The van der Waals surface area contributed by atoms with Crippen LogP contribution in [0.4, 0.5) is 23.0 Å². The third kappa shape index (κ3) is 4.82. The molecule has 138 valence electrons. The van der Waals surface area contributed by atoms with Crippen molar-refractivity contribution in [3.63, 3.8) is 0 Å². The molecule has 0 aliphatic heterocycles. The highest BCUT2D eigenvalue weighted by atomic mass is 16.1. The second kappa shape index (κ2) is 8.80. The number of nitrogens with one attached hydrogen (secondary N) is 2. The molecule has 0 aliphatic rings. The quantitative estimate of drug-likeness (QED) is 0.656. The van der Waals surface area contributed by atoms with Gasteiger partial charge in [0, 0.05) is 30.0 Å². The minimum absolute atomic E-state index is 0.211. The Bertz CT molecular complexity index is 859. The predicted molar refractivity (Wildman–Crippen MR) is 110 cm³/mol. The SMILES string of the molecule is CCN(CC)c1ccc(Nc2ccc(NC(=O)c3ccccc3)nn2)cc1. The van der Waals surface area contributed by atoms with Crippen molar-refractivity contribution in [1.82, 2.24) is 10.2 Å². The van der Waals surface area contributed by atoms with E-state index in [1.165, 1.54) is 5.69 Å². The van der Waals surface area contributed by atoms with Crippen LogP contribution in [0.3, 0.4) is 0 Å². The van der Waals surface area contributed by atoms with Gasteiger partial charge in [-0.15, -0.1) is 10.2 Å². The Morgan fingerprint density at radius 2 is 1.48 bits per heavy atom. The molecule has 0 atom stereocenters. The molecular weight excluding hydrogens is 338 g/mol. The third-order valence-corrected chi connectivity index (χ3v) is 4.21. The van der Waals surface area contributed by atoms with Crippen LogP contribution < -0.4 is 15.5 Å². The van der Waals surface area contributed by atoms with Crippen LogP contribution in [0.15, 0.2) is 66.7 Å². The maximum Gasteiger partial charge on any atom is 0.256 e. The molecular formula is C21H23N5O. The molecule has 3 rings (SSSR count). The zero-order valence-electron chi connectivity index (χ0n) is 15.5. The smallest absolute Gasteiger partial charge is 0.256 e. The van der Waals surface area contributed by atoms with Gasteiger partial charge >= 0.3 is 0 Å². The highest BCUT2D eigenvalue weighted by molar-refractivity contribution is 6.03. The monoisotopic (exact) mass is 361 g/mol. The van der Waals surface area contributed by atoms with E-state index in [0.29, 0.717) is 17.2 Å². The summed E-state index contributed by atoms with van der Waals surface area (Å²) in [5, 5.41) is 14.1. The van der Waals surface area contributed by atoms with Crippen LogP contribution >= 0.6 is 0 Å². The molecule has 1 amide bonds. The summed E-state index contributed by atoms with van der Waals surface area (Å²) in [6.45, 7) is 6.24. The molecule has 0 spiro atoms. The van der Waals surface area contributed by atoms with E-state index in [0.717, 1.165) is 18.8 Å². The minimum atomic E-state index is -0.211. The zero-order valence-corrected chi connectivity index (χ0v) is 15.5. The van der Waals surface area contributed by atoms with E-state index >= 15 is 0 Å². The molecule has 1 heterocycles. The largest absolute Gasteiger partial charge is 0.372 e. The van der Waals surface area contributed by atoms with E-state index in [9.17, 15) is 4.79 Å². The summed E-state index contributed by atoms with van der Waals surface area (Å²) >= 11 is 0. The van der Waals surface area contributed by atoms with Crippen molar-refractivity contribution in [2.45, 2.75) is 13.8 Å². The van der Waals surface area contributed by atoms with E-state index in [1.807, 2.05) is 30.3 Å². The van der Waals surface area contributed by atoms with Crippen LogP contribution in [0, 0.1) is 0 Å². The Morgan fingerprint density at radius 3 is 2.07 bits per heavy atom. The van der Waals surface area contributed by atoms with Crippen LogP contribution in [0.1, 0.15) is 24.2 Å². The van der Waals surface area contributed by atoms with Gasteiger partial charge in [0.25, 0.3) is 5.91 Å². The second-order valence-electron chi connectivity index (χ2n) is 5.97. The Labute approximate surface area is 159 Å². The lowest BCUT2D eigenvalue weighted by molar-refractivity contribution is 0.102. The summed E-state index contributed by atoms with van der Waals surface area (Å²) in [7, 11) is 0. The molecule has 27 heavy (non-hydrogen) atoms. The van der Waals surface area contributed by atoms with E-state index in [1.54, 1.807) is 24.3 Å². The molecule has 0 unspecified atom stereocenters. The lowest BCUT2D eigenvalue weighted by atomic mass is 10.2. The average Bonchev–Trinajstić information content (AvgIpc) is 2.72. The molecule has 2 N–H and O–H groups in total. The molecule has 0 radical (unpaired) electrons. The molecule has 0 fully saturated rings. The topological polar surface area (TPSA) is 70.2 Å². The molecule has 0 saturated carbocycles. The fourth-order valence-electron chi connectivity index (χ4n) is 2.74. The van der Waals surface area contributed by atoms with Crippen molar-refractivity contribution in [2.75, 3.05) is 28.6 Å². The zero-order chi connectivity index (χ0) is 19.1. The fraction of sp³-hybridized carbons (Fsp3) is 0.190. The minimum Gasteiger partial charge on any atom is -0.372 e. The molecule has 1 aromatic heterocycles. The number of hydrogen-bond acceptors (Lipinski definition) is 5. The predicted octanol–water partition coefficient (Wildman–Crippen LogP) is 4.32. The molecule has 0 saturated heterocycles. The number of carbonyl (C=O) groups is 1. The number of aromatic nitrogens is 2. The van der Waals surface area contributed by atoms with Crippen LogP contribution in [-0.2, 0) is 0 Å². The first-order chi connectivity index (χ1) is 13.2. The van der Waals surface area contributed by atoms with Gasteiger partial charge in [-0.1, -0.05) is 18.2 Å². The Hall–Kier alpha value is -3.41. The maximum atomic E-state index is 12.1. The standard InChI is InChI=1S/C21H23N5O/c1-3-26(4-2)18-12-10-17(11-13-18)22-19-14-15-20(25-24-19)23-21(27)16-8-6-5-7-9-16/h5-15H,3-4H2,1-2H3,(H,22,24)(H,23,25,27). The number of hydrogen-bond donors (Lipinski definition) is 2. The first kappa shape index (κ1) is 18.4. The van der Waals surface area contributed by atoms with Crippen molar-refractivity contribution in [3.05, 3.63) is 72.3 Å². The summed E-state index contributed by atoms with van der Waals surface area (Å²) in [4.78, 5) is 14.4. The van der Waals surface area contributed by atoms with Crippen molar-refractivity contribution in [3.8, 4) is 0 Å². The summed E-state index contributed by atoms with van der Waals surface area (Å²) in [5.41, 5.74) is 2.70. The van der Waals surface area contributed by atoms with Gasteiger partial charge < -0.3 is 15.5 Å². The lowest BCUT2D eigenvalue weighted by Crippen LogP contribution is -2.21. The number of carbonyl (C=O) groups excluding carboxylic acids is 1. The van der Waals surface area contributed by atoms with E-state index in [4.69, 9.17) is 0 Å². The first-order valence-corrected chi connectivity index (χ1v) is 9.01. The third-order valence-electron chi connectivity index (χ3n) is 4.21. The van der Waals surface area contributed by atoms with E-state index < -0.39 is 0 Å². The Morgan fingerprint density at radius 1 is 0.852 bits per heavy atom. The average molecular weight is 361 g/mol. The van der Waals surface area contributed by atoms with Gasteiger partial charge in [0.15, 0.2) is 11.6 Å². The van der Waals surface area contributed by atoms with Crippen LogP contribution in [-0.4, -0.2) is 29.2 Å². The van der Waals surface area contributed by atoms with Crippen molar-refractivity contribution in [1.29, 1.82) is 0 Å². The lowest BCUT2D eigenvalue weighted by Gasteiger charge is -2.21. The van der Waals surface area contributed by atoms with E-state index in [-0.39, 0.29) is 5.91 Å². The highest BCUT2D eigenvalue weighted by Crippen LogP contribution is 2.20. The summed E-state index contributed by atoms with van der Waals surface area (Å²) < 4.78 is 0. The molecule has 0 bridgehead atoms. The first-order valence-electron chi connectivity index (χ1n) is 9.01. The molecule has 0 aliphatic carbocycles. The van der Waals surface area contributed by atoms with Crippen molar-refractivity contribution >= 4 is 28.9 Å². The molecule has 2 aromatic carbocycles. The highest BCUT2D eigenvalue weighted by Gasteiger charge is 2.07. The van der Waals surface area contributed by atoms with Crippen LogP contribution in [0.2, 0.25) is 0 Å². The van der Waals surface area contributed by atoms with Gasteiger partial charge in [0.2, 0.25) is 0 Å². The second-order valence-corrected chi connectivity index (χ2v) is 5.97. The number of amides is 1. The van der Waals surface area contributed by atoms with Crippen molar-refractivity contribution in [2.24, 2.45) is 0 Å². The number of benzene rings is 2. The van der Waals surface area contributed by atoms with Gasteiger partial charge in [-0.3, -0.25) is 4.79 Å². The Balaban J connectivity index is 1.61. The van der Waals surface area contributed by atoms with Crippen molar-refractivity contribution < 1.29 is 4.79 Å². The Kier molecular flexibility index (Phi) is 5.99. The van der Waals surface area contributed by atoms with Gasteiger partial charge in [-0.25, -0.2) is 0 Å².